The van der Waals surface area contributed by atoms with Gasteiger partial charge in [-0.3, -0.25) is 9.69 Å². The molecule has 1 aliphatic carbocycles. The maximum atomic E-state index is 11.7. The summed E-state index contributed by atoms with van der Waals surface area (Å²) in [5.41, 5.74) is 0. The molecule has 1 amide bonds. The van der Waals surface area contributed by atoms with Gasteiger partial charge in [-0.05, 0) is 42.8 Å². The van der Waals surface area contributed by atoms with E-state index in [9.17, 15) is 9.90 Å². The fraction of sp³-hybridized carbons (Fsp3) is 0.421. The third kappa shape index (κ3) is 4.94. The normalized spacial score (nSPS) is 15.5. The van der Waals surface area contributed by atoms with Crippen LogP contribution in [0.5, 0.6) is 5.75 Å². The SMILES string of the molecule is CN(CC(=O)NC1CC1)CC(O)COc1ccc2ccccc2c1. The van der Waals surface area contributed by atoms with Crippen LogP contribution in [0.1, 0.15) is 12.8 Å². The van der Waals surface area contributed by atoms with E-state index in [1.165, 1.54) is 0 Å². The van der Waals surface area contributed by atoms with Crippen LogP contribution in [0.3, 0.4) is 0 Å². The van der Waals surface area contributed by atoms with Gasteiger partial charge in [0.05, 0.1) is 6.54 Å². The maximum Gasteiger partial charge on any atom is 0.234 e. The fourth-order valence-corrected chi connectivity index (χ4v) is 2.67. The minimum Gasteiger partial charge on any atom is -0.491 e. The molecule has 0 saturated heterocycles. The van der Waals surface area contributed by atoms with Crippen molar-refractivity contribution in [3.05, 3.63) is 42.5 Å². The lowest BCUT2D eigenvalue weighted by Gasteiger charge is -2.20. The summed E-state index contributed by atoms with van der Waals surface area (Å²) in [5.74, 6) is 0.754. The van der Waals surface area contributed by atoms with E-state index in [2.05, 4.69) is 11.4 Å². The van der Waals surface area contributed by atoms with Gasteiger partial charge in [-0.1, -0.05) is 30.3 Å². The molecule has 5 heteroatoms. The summed E-state index contributed by atoms with van der Waals surface area (Å²) < 4.78 is 5.68. The Morgan fingerprint density at radius 1 is 1.29 bits per heavy atom. The van der Waals surface area contributed by atoms with Crippen LogP contribution in [0.15, 0.2) is 42.5 Å². The number of aliphatic hydroxyl groups excluding tert-OH is 1. The highest BCUT2D eigenvalue weighted by Gasteiger charge is 2.23. The molecular weight excluding hydrogens is 304 g/mol. The molecule has 1 fully saturated rings. The zero-order valence-corrected chi connectivity index (χ0v) is 13.9. The van der Waals surface area contributed by atoms with Crippen molar-refractivity contribution in [3.8, 4) is 5.75 Å². The Bertz CT molecular complexity index is 700. The lowest BCUT2D eigenvalue weighted by atomic mass is 10.1. The number of benzene rings is 2. The predicted molar refractivity (Wildman–Crippen MR) is 94.1 cm³/mol. The Labute approximate surface area is 142 Å². The number of ether oxygens (including phenoxy) is 1. The summed E-state index contributed by atoms with van der Waals surface area (Å²) >= 11 is 0. The molecule has 3 rings (SSSR count). The molecule has 0 aromatic heterocycles. The van der Waals surface area contributed by atoms with Crippen LogP contribution in [0, 0.1) is 0 Å². The topological polar surface area (TPSA) is 61.8 Å². The van der Waals surface area contributed by atoms with E-state index in [1.54, 1.807) is 0 Å². The highest BCUT2D eigenvalue weighted by Crippen LogP contribution is 2.20. The van der Waals surface area contributed by atoms with Crippen molar-refractivity contribution in [3.63, 3.8) is 0 Å². The van der Waals surface area contributed by atoms with Crippen LogP contribution < -0.4 is 10.1 Å². The van der Waals surface area contributed by atoms with Crippen LogP contribution in [0.2, 0.25) is 0 Å². The molecule has 1 unspecified atom stereocenters. The average Bonchev–Trinajstić information content (AvgIpc) is 3.36. The Morgan fingerprint density at radius 2 is 2.04 bits per heavy atom. The van der Waals surface area contributed by atoms with Crippen molar-refractivity contribution >= 4 is 16.7 Å². The highest BCUT2D eigenvalue weighted by molar-refractivity contribution is 5.83. The zero-order valence-electron chi connectivity index (χ0n) is 13.9. The van der Waals surface area contributed by atoms with Gasteiger partial charge in [-0.15, -0.1) is 0 Å². The molecule has 0 radical (unpaired) electrons. The summed E-state index contributed by atoms with van der Waals surface area (Å²) in [4.78, 5) is 13.5. The first-order chi connectivity index (χ1) is 11.6. The molecule has 1 aliphatic rings. The molecule has 0 bridgehead atoms. The molecule has 1 saturated carbocycles. The summed E-state index contributed by atoms with van der Waals surface area (Å²) in [5, 5.41) is 15.3. The maximum absolute atomic E-state index is 11.7. The van der Waals surface area contributed by atoms with Gasteiger partial charge in [-0.2, -0.15) is 0 Å². The Kier molecular flexibility index (Phi) is 5.33. The molecule has 1 atom stereocenters. The Hall–Kier alpha value is -2.11. The quantitative estimate of drug-likeness (QED) is 0.775. The van der Waals surface area contributed by atoms with E-state index in [1.807, 2.05) is 48.3 Å². The smallest absolute Gasteiger partial charge is 0.234 e. The van der Waals surface area contributed by atoms with Gasteiger partial charge in [0.2, 0.25) is 5.91 Å². The van der Waals surface area contributed by atoms with E-state index in [-0.39, 0.29) is 12.5 Å². The number of nitrogens with zero attached hydrogens (tertiary/aromatic N) is 1. The zero-order chi connectivity index (χ0) is 16.9. The molecule has 0 spiro atoms. The first kappa shape index (κ1) is 16.7. The summed E-state index contributed by atoms with van der Waals surface area (Å²) in [6.07, 6.45) is 1.52. The predicted octanol–water partition coefficient (Wildman–Crippen LogP) is 1.79. The second kappa shape index (κ2) is 7.64. The highest BCUT2D eigenvalue weighted by atomic mass is 16.5. The van der Waals surface area contributed by atoms with Gasteiger partial charge in [0.15, 0.2) is 0 Å². The van der Waals surface area contributed by atoms with Crippen molar-refractivity contribution < 1.29 is 14.6 Å². The average molecular weight is 328 g/mol. The van der Waals surface area contributed by atoms with Gasteiger partial charge in [0, 0.05) is 12.6 Å². The second-order valence-corrected chi connectivity index (χ2v) is 6.51. The molecule has 2 aromatic carbocycles. The molecule has 5 nitrogen and oxygen atoms in total. The van der Waals surface area contributed by atoms with Gasteiger partial charge in [-0.25, -0.2) is 0 Å². The van der Waals surface area contributed by atoms with Crippen LogP contribution in [-0.2, 0) is 4.79 Å². The Balaban J connectivity index is 1.43. The fourth-order valence-electron chi connectivity index (χ4n) is 2.67. The number of hydrogen-bond donors (Lipinski definition) is 2. The van der Waals surface area contributed by atoms with E-state index in [0.29, 0.717) is 19.1 Å². The first-order valence-electron chi connectivity index (χ1n) is 8.38. The van der Waals surface area contributed by atoms with Crippen molar-refractivity contribution in [1.82, 2.24) is 10.2 Å². The molecule has 2 N–H and O–H groups in total. The molecule has 128 valence electrons. The summed E-state index contributed by atoms with van der Waals surface area (Å²) in [6.45, 7) is 0.891. The molecule has 24 heavy (non-hydrogen) atoms. The number of aliphatic hydroxyl groups is 1. The number of carbonyl (C=O) groups is 1. The number of amides is 1. The molecule has 0 heterocycles. The lowest BCUT2D eigenvalue weighted by Crippen LogP contribution is -2.40. The van der Waals surface area contributed by atoms with E-state index < -0.39 is 6.10 Å². The number of hydrogen-bond acceptors (Lipinski definition) is 4. The minimum absolute atomic E-state index is 0.0163. The van der Waals surface area contributed by atoms with Crippen molar-refractivity contribution in [2.24, 2.45) is 0 Å². The number of carbonyl (C=O) groups excluding carboxylic acids is 1. The Morgan fingerprint density at radius 3 is 2.79 bits per heavy atom. The second-order valence-electron chi connectivity index (χ2n) is 6.51. The van der Waals surface area contributed by atoms with Crippen molar-refractivity contribution in [2.75, 3.05) is 26.7 Å². The van der Waals surface area contributed by atoms with Crippen molar-refractivity contribution in [2.45, 2.75) is 25.0 Å². The molecule has 2 aromatic rings. The number of likely N-dealkylation sites (N-methyl/N-ethyl adjacent to an activating group) is 1. The lowest BCUT2D eigenvalue weighted by molar-refractivity contribution is -0.122. The van der Waals surface area contributed by atoms with E-state index in [0.717, 1.165) is 29.4 Å². The van der Waals surface area contributed by atoms with Crippen molar-refractivity contribution in [1.29, 1.82) is 0 Å². The largest absolute Gasteiger partial charge is 0.491 e. The minimum atomic E-state index is -0.643. The van der Waals surface area contributed by atoms with Gasteiger partial charge >= 0.3 is 0 Å². The number of nitrogens with one attached hydrogen (secondary N) is 1. The van der Waals surface area contributed by atoms with Gasteiger partial charge in [0.1, 0.15) is 18.5 Å². The van der Waals surface area contributed by atoms with Crippen LogP contribution in [-0.4, -0.2) is 54.8 Å². The number of rotatable bonds is 8. The van der Waals surface area contributed by atoms with Crippen LogP contribution in [0.4, 0.5) is 0 Å². The summed E-state index contributed by atoms with van der Waals surface area (Å²) in [6, 6.07) is 14.3. The molecule has 0 aliphatic heterocycles. The molecular formula is C19H24N2O3. The third-order valence-electron chi connectivity index (χ3n) is 4.04. The van der Waals surface area contributed by atoms with E-state index >= 15 is 0 Å². The van der Waals surface area contributed by atoms with Gasteiger partial charge < -0.3 is 15.2 Å². The third-order valence-corrected chi connectivity index (χ3v) is 4.04. The summed E-state index contributed by atoms with van der Waals surface area (Å²) in [7, 11) is 1.83. The number of fused-ring (bicyclic) bond motifs is 1. The standard InChI is InChI=1S/C19H24N2O3/c1-21(12-19(23)20-16-7-8-16)11-17(22)13-24-18-9-6-14-4-2-3-5-15(14)10-18/h2-6,9-10,16-17,22H,7-8,11-13H2,1H3,(H,20,23). The monoisotopic (exact) mass is 328 g/mol. The van der Waals surface area contributed by atoms with Crippen LogP contribution >= 0.6 is 0 Å². The van der Waals surface area contributed by atoms with Gasteiger partial charge in [0.25, 0.3) is 0 Å². The van der Waals surface area contributed by atoms with Crippen LogP contribution in [0.25, 0.3) is 10.8 Å². The van der Waals surface area contributed by atoms with E-state index in [4.69, 9.17) is 4.74 Å². The first-order valence-corrected chi connectivity index (χ1v) is 8.38.